The molecule has 0 aliphatic heterocycles. The normalized spacial score (nSPS) is 13.1. The molecule has 3 rings (SSSR count). The number of fused-ring (bicyclic) bond motifs is 1. The van der Waals surface area contributed by atoms with E-state index in [0.29, 0.717) is 18.2 Å². The molecular formula is C16H13N3O10S3. The monoisotopic (exact) mass is 503 g/mol. The van der Waals surface area contributed by atoms with Crippen LogP contribution in [0.15, 0.2) is 67.4 Å². The third-order valence-electron chi connectivity index (χ3n) is 4.12. The van der Waals surface area contributed by atoms with E-state index in [1.54, 1.807) is 0 Å². The topological polar surface area (TPSA) is 234 Å². The van der Waals surface area contributed by atoms with Crippen LogP contribution in [0.2, 0.25) is 0 Å². The molecule has 13 nitrogen and oxygen atoms in total. The van der Waals surface area contributed by atoms with Gasteiger partial charge in [-0.05, 0) is 47.9 Å². The summed E-state index contributed by atoms with van der Waals surface area (Å²) in [4.78, 5) is -2.67. The van der Waals surface area contributed by atoms with Gasteiger partial charge in [-0.1, -0.05) is 0 Å². The van der Waals surface area contributed by atoms with Crippen molar-refractivity contribution in [1.29, 1.82) is 0 Å². The van der Waals surface area contributed by atoms with E-state index in [0.717, 1.165) is 6.07 Å². The molecule has 170 valence electrons. The molecule has 0 aliphatic carbocycles. The van der Waals surface area contributed by atoms with Crippen molar-refractivity contribution in [3.8, 4) is 5.75 Å². The maximum Gasteiger partial charge on any atom is 0.296 e. The first kappa shape index (κ1) is 23.5. The molecule has 0 saturated carbocycles. The van der Waals surface area contributed by atoms with Gasteiger partial charge < -0.3 is 10.8 Å². The fraction of sp³-hybridized carbons (Fsp3) is 0. The van der Waals surface area contributed by atoms with Crippen LogP contribution in [0.1, 0.15) is 0 Å². The standard InChI is InChI=1S/C16H13N3O10S3/c17-9-1-3-11-8(5-9)6-14(32(27,28)29)15(16(11)20)19-18-12-7-10(30(21,22)23)2-4-13(12)31(24,25)26/h1-7,20H,17H2,(H,21,22,23)(H,24,25,26)(H,27,28,29). The van der Waals surface area contributed by atoms with Crippen molar-refractivity contribution in [3.63, 3.8) is 0 Å². The van der Waals surface area contributed by atoms with Gasteiger partial charge >= 0.3 is 0 Å². The fourth-order valence-corrected chi connectivity index (χ4v) is 4.48. The highest BCUT2D eigenvalue weighted by atomic mass is 32.2. The first-order valence-corrected chi connectivity index (χ1v) is 12.4. The molecule has 16 heteroatoms. The zero-order chi connectivity index (χ0) is 24.1. The Morgan fingerprint density at radius 3 is 1.91 bits per heavy atom. The Morgan fingerprint density at radius 2 is 1.34 bits per heavy atom. The summed E-state index contributed by atoms with van der Waals surface area (Å²) in [5, 5.41) is 17.5. The van der Waals surface area contributed by atoms with Crippen LogP contribution >= 0.6 is 0 Å². The number of nitrogens with two attached hydrogens (primary N) is 1. The van der Waals surface area contributed by atoms with Gasteiger partial charge in [0, 0.05) is 11.1 Å². The van der Waals surface area contributed by atoms with Crippen LogP contribution in [0.25, 0.3) is 10.8 Å². The number of anilines is 1. The number of benzene rings is 3. The second-order valence-electron chi connectivity index (χ2n) is 6.31. The van der Waals surface area contributed by atoms with E-state index in [1.165, 1.54) is 18.2 Å². The van der Waals surface area contributed by atoms with Crippen LogP contribution in [0.4, 0.5) is 17.1 Å². The highest BCUT2D eigenvalue weighted by Crippen LogP contribution is 2.42. The molecule has 6 N–H and O–H groups in total. The Hall–Kier alpha value is -3.15. The van der Waals surface area contributed by atoms with E-state index in [-0.39, 0.29) is 16.5 Å². The van der Waals surface area contributed by atoms with Gasteiger partial charge in [-0.25, -0.2) is 0 Å². The summed E-state index contributed by atoms with van der Waals surface area (Å²) >= 11 is 0. The van der Waals surface area contributed by atoms with Gasteiger partial charge in [-0.3, -0.25) is 13.7 Å². The minimum atomic E-state index is -4.99. The molecule has 0 radical (unpaired) electrons. The quantitative estimate of drug-likeness (QED) is 0.192. The summed E-state index contributed by atoms with van der Waals surface area (Å²) in [6.07, 6.45) is 0. The first-order valence-electron chi connectivity index (χ1n) is 8.12. The van der Waals surface area contributed by atoms with Gasteiger partial charge in [0.15, 0.2) is 5.75 Å². The lowest BCUT2D eigenvalue weighted by molar-refractivity contribution is 0.472. The molecular weight excluding hydrogens is 490 g/mol. The number of phenols is 1. The molecule has 0 amide bonds. The summed E-state index contributed by atoms with van der Waals surface area (Å²) < 4.78 is 97.5. The van der Waals surface area contributed by atoms with Gasteiger partial charge in [0.05, 0.1) is 4.90 Å². The van der Waals surface area contributed by atoms with E-state index in [1.807, 2.05) is 0 Å². The van der Waals surface area contributed by atoms with Crippen molar-refractivity contribution >= 4 is 58.2 Å². The van der Waals surface area contributed by atoms with Crippen molar-refractivity contribution in [2.75, 3.05) is 5.73 Å². The molecule has 3 aromatic carbocycles. The zero-order valence-corrected chi connectivity index (χ0v) is 17.9. The summed E-state index contributed by atoms with van der Waals surface area (Å²) in [5.41, 5.74) is 4.21. The molecule has 0 heterocycles. The Kier molecular flexibility index (Phi) is 5.71. The summed E-state index contributed by atoms with van der Waals surface area (Å²) in [6, 6.07) is 6.73. The number of hydrogen-bond donors (Lipinski definition) is 5. The van der Waals surface area contributed by atoms with Gasteiger partial charge in [0.2, 0.25) is 0 Å². The van der Waals surface area contributed by atoms with E-state index in [4.69, 9.17) is 10.3 Å². The highest BCUT2D eigenvalue weighted by molar-refractivity contribution is 7.86. The molecule has 0 bridgehead atoms. The lowest BCUT2D eigenvalue weighted by Crippen LogP contribution is -2.02. The molecule has 0 saturated heterocycles. The van der Waals surface area contributed by atoms with Crippen molar-refractivity contribution in [3.05, 3.63) is 42.5 Å². The summed E-state index contributed by atoms with van der Waals surface area (Å²) in [5.74, 6) is -0.779. The molecule has 0 aromatic heterocycles. The third kappa shape index (κ3) is 4.69. The Labute approximate surface area is 181 Å². The lowest BCUT2D eigenvalue weighted by atomic mass is 10.1. The van der Waals surface area contributed by atoms with Crippen molar-refractivity contribution in [1.82, 2.24) is 0 Å². The van der Waals surface area contributed by atoms with E-state index >= 15 is 0 Å². The Bertz CT molecular complexity index is 1610. The number of nitrogens with zero attached hydrogens (tertiary/aromatic N) is 2. The molecule has 32 heavy (non-hydrogen) atoms. The van der Waals surface area contributed by atoms with Crippen LogP contribution in [0, 0.1) is 0 Å². The largest absolute Gasteiger partial charge is 0.505 e. The average molecular weight is 503 g/mol. The first-order chi connectivity index (χ1) is 14.6. The Morgan fingerprint density at radius 1 is 0.719 bits per heavy atom. The van der Waals surface area contributed by atoms with Crippen LogP contribution in [0.3, 0.4) is 0 Å². The average Bonchev–Trinajstić information content (AvgIpc) is 2.64. The summed E-state index contributed by atoms with van der Waals surface area (Å²) in [6.45, 7) is 0. The van der Waals surface area contributed by atoms with E-state index in [9.17, 15) is 39.5 Å². The fourth-order valence-electron chi connectivity index (χ4n) is 2.72. The SMILES string of the molecule is Nc1ccc2c(O)c(N=Nc3cc(S(=O)(=O)O)ccc3S(=O)(=O)O)c(S(=O)(=O)O)cc2c1. The number of azo groups is 1. The predicted octanol–water partition coefficient (Wildman–Crippen LogP) is 2.28. The number of rotatable bonds is 5. The predicted molar refractivity (Wildman–Crippen MR) is 110 cm³/mol. The Balaban J connectivity index is 2.34. The molecule has 0 atom stereocenters. The molecule has 0 spiro atoms. The van der Waals surface area contributed by atoms with Gasteiger partial charge in [0.25, 0.3) is 30.4 Å². The van der Waals surface area contributed by atoms with Crippen LogP contribution in [-0.4, -0.2) is 44.0 Å². The zero-order valence-electron chi connectivity index (χ0n) is 15.5. The molecule has 0 fully saturated rings. The van der Waals surface area contributed by atoms with Crippen LogP contribution in [0.5, 0.6) is 5.75 Å². The molecule has 0 aliphatic rings. The van der Waals surface area contributed by atoms with Crippen molar-refractivity contribution in [2.24, 2.45) is 10.2 Å². The molecule has 3 aromatic rings. The van der Waals surface area contributed by atoms with E-state index < -0.39 is 62.2 Å². The van der Waals surface area contributed by atoms with Crippen molar-refractivity contribution in [2.45, 2.75) is 14.7 Å². The number of phenolic OH excluding ortho intramolecular Hbond substituents is 1. The van der Waals surface area contributed by atoms with Gasteiger partial charge in [0.1, 0.15) is 21.2 Å². The molecule has 0 unspecified atom stereocenters. The van der Waals surface area contributed by atoms with Gasteiger partial charge in [-0.15, -0.1) is 10.2 Å². The summed E-state index contributed by atoms with van der Waals surface area (Å²) in [7, 11) is -14.8. The maximum atomic E-state index is 11.8. The number of nitrogen functional groups attached to an aromatic ring is 1. The van der Waals surface area contributed by atoms with Crippen LogP contribution < -0.4 is 5.73 Å². The smallest absolute Gasteiger partial charge is 0.296 e. The second kappa shape index (κ2) is 7.76. The van der Waals surface area contributed by atoms with Crippen LogP contribution in [-0.2, 0) is 30.4 Å². The number of aromatic hydroxyl groups is 1. The second-order valence-corrected chi connectivity index (χ2v) is 10.5. The maximum absolute atomic E-state index is 11.8. The van der Waals surface area contributed by atoms with Crippen molar-refractivity contribution < 1.29 is 44.0 Å². The van der Waals surface area contributed by atoms with Gasteiger partial charge in [-0.2, -0.15) is 25.3 Å². The van der Waals surface area contributed by atoms with E-state index in [2.05, 4.69) is 10.2 Å². The highest BCUT2D eigenvalue weighted by Gasteiger charge is 2.23. The third-order valence-corrected chi connectivity index (χ3v) is 6.73. The minimum Gasteiger partial charge on any atom is -0.505 e. The minimum absolute atomic E-state index is 0.0437. The lowest BCUT2D eigenvalue weighted by Gasteiger charge is -2.09. The number of hydrogen-bond acceptors (Lipinski definition) is 10.